The zero-order chi connectivity index (χ0) is 16.2. The van der Waals surface area contributed by atoms with Crippen LogP contribution in [0.5, 0.6) is 0 Å². The van der Waals surface area contributed by atoms with Gasteiger partial charge in [0.15, 0.2) is 0 Å². The van der Waals surface area contributed by atoms with Crippen LogP contribution in [0.25, 0.3) is 0 Å². The summed E-state index contributed by atoms with van der Waals surface area (Å²) in [5, 5.41) is 10.0. The number of carbonyl (C=O) groups is 1. The van der Waals surface area contributed by atoms with Crippen molar-refractivity contribution in [1.82, 2.24) is 10.2 Å². The van der Waals surface area contributed by atoms with Crippen molar-refractivity contribution in [2.75, 3.05) is 39.4 Å². The van der Waals surface area contributed by atoms with Crippen LogP contribution < -0.4 is 5.32 Å². The number of ether oxygens (including phenoxy) is 2. The quantitative estimate of drug-likeness (QED) is 0.766. The van der Waals surface area contributed by atoms with Crippen molar-refractivity contribution in [3.8, 4) is 0 Å². The molecule has 0 aliphatic carbocycles. The van der Waals surface area contributed by atoms with E-state index in [1.165, 1.54) is 13.1 Å². The van der Waals surface area contributed by atoms with Crippen molar-refractivity contribution >= 4 is 5.97 Å². The Balaban J connectivity index is 1.84. The number of azo groups is 1. The van der Waals surface area contributed by atoms with Gasteiger partial charge in [-0.2, -0.15) is 18.3 Å². The van der Waals surface area contributed by atoms with Crippen molar-refractivity contribution in [2.45, 2.75) is 18.8 Å². The summed E-state index contributed by atoms with van der Waals surface area (Å²) in [5.74, 6) is -2.29. The molecule has 22 heavy (non-hydrogen) atoms. The molecule has 1 saturated heterocycles. The van der Waals surface area contributed by atoms with Gasteiger partial charge in [0.2, 0.25) is 0 Å². The van der Waals surface area contributed by atoms with Gasteiger partial charge in [0, 0.05) is 33.1 Å². The standard InChI is InChI=1S/C12H17F3N4O3/c1-11(22-10(20)12(13,14)15)9(8-17-18-11)16-2-3-19-4-6-21-7-5-19/h8,16H,2-7H2,1H3. The molecule has 0 spiro atoms. The number of carbonyl (C=O) groups excluding carboxylic acids is 1. The molecule has 1 fully saturated rings. The van der Waals surface area contributed by atoms with E-state index in [-0.39, 0.29) is 5.70 Å². The monoisotopic (exact) mass is 322 g/mol. The smallest absolute Gasteiger partial charge is 0.423 e. The number of halogens is 3. The summed E-state index contributed by atoms with van der Waals surface area (Å²) in [6.45, 7) is 5.33. The fourth-order valence-corrected chi connectivity index (χ4v) is 2.07. The molecule has 0 aromatic carbocycles. The number of morpholine rings is 1. The van der Waals surface area contributed by atoms with E-state index in [9.17, 15) is 18.0 Å². The number of esters is 1. The first-order chi connectivity index (χ1) is 10.3. The predicted octanol–water partition coefficient (Wildman–Crippen LogP) is 1.04. The van der Waals surface area contributed by atoms with Crippen molar-refractivity contribution in [1.29, 1.82) is 0 Å². The lowest BCUT2D eigenvalue weighted by molar-refractivity contribution is -0.209. The molecule has 2 rings (SSSR count). The van der Waals surface area contributed by atoms with Gasteiger partial charge in [-0.25, -0.2) is 4.79 Å². The highest BCUT2D eigenvalue weighted by atomic mass is 19.4. The Morgan fingerprint density at radius 3 is 2.82 bits per heavy atom. The summed E-state index contributed by atoms with van der Waals surface area (Å²) in [4.78, 5) is 13.1. The van der Waals surface area contributed by atoms with Crippen LogP contribution in [0, 0.1) is 0 Å². The van der Waals surface area contributed by atoms with Gasteiger partial charge in [0.25, 0.3) is 5.72 Å². The molecule has 0 saturated carbocycles. The largest absolute Gasteiger partial charge is 0.491 e. The van der Waals surface area contributed by atoms with Gasteiger partial charge in [0.05, 0.1) is 19.4 Å². The van der Waals surface area contributed by atoms with E-state index in [1.54, 1.807) is 0 Å². The number of nitrogens with one attached hydrogen (secondary N) is 1. The molecule has 7 nitrogen and oxygen atoms in total. The van der Waals surface area contributed by atoms with E-state index >= 15 is 0 Å². The Labute approximate surface area is 125 Å². The Kier molecular flexibility index (Phi) is 5.01. The second kappa shape index (κ2) is 6.61. The Morgan fingerprint density at radius 1 is 1.50 bits per heavy atom. The second-order valence-electron chi connectivity index (χ2n) is 5.01. The van der Waals surface area contributed by atoms with E-state index < -0.39 is 17.9 Å². The maximum Gasteiger partial charge on any atom is 0.491 e. The first-order valence-electron chi connectivity index (χ1n) is 6.78. The van der Waals surface area contributed by atoms with Gasteiger partial charge in [-0.1, -0.05) is 0 Å². The molecule has 0 aromatic heterocycles. The highest BCUT2D eigenvalue weighted by Gasteiger charge is 2.47. The maximum atomic E-state index is 12.3. The molecular formula is C12H17F3N4O3. The number of hydrogen-bond donors (Lipinski definition) is 1. The molecule has 1 atom stereocenters. The average Bonchev–Trinajstić information content (AvgIpc) is 2.80. The summed E-state index contributed by atoms with van der Waals surface area (Å²) in [6, 6.07) is 0. The van der Waals surface area contributed by atoms with Crippen LogP contribution >= 0.6 is 0 Å². The molecule has 0 bridgehead atoms. The minimum Gasteiger partial charge on any atom is -0.423 e. The Bertz CT molecular complexity index is 475. The van der Waals surface area contributed by atoms with E-state index in [0.717, 1.165) is 13.1 Å². The molecule has 0 radical (unpaired) electrons. The molecule has 2 aliphatic heterocycles. The lowest BCUT2D eigenvalue weighted by atomic mass is 10.2. The first-order valence-corrected chi connectivity index (χ1v) is 6.78. The third-order valence-corrected chi connectivity index (χ3v) is 3.31. The SMILES string of the molecule is CC1(OC(=O)C(F)(F)F)N=NC=C1NCCN1CCOCC1. The maximum absolute atomic E-state index is 12.3. The zero-order valence-electron chi connectivity index (χ0n) is 12.0. The fourth-order valence-electron chi connectivity index (χ4n) is 2.07. The minimum atomic E-state index is -5.07. The molecule has 2 aliphatic rings. The van der Waals surface area contributed by atoms with E-state index in [4.69, 9.17) is 4.74 Å². The second-order valence-corrected chi connectivity index (χ2v) is 5.01. The highest BCUT2D eigenvalue weighted by Crippen LogP contribution is 2.30. The zero-order valence-corrected chi connectivity index (χ0v) is 12.0. The summed E-state index contributed by atoms with van der Waals surface area (Å²) in [6.07, 6.45) is -3.82. The number of hydrogen-bond acceptors (Lipinski definition) is 7. The van der Waals surface area contributed by atoms with E-state index in [0.29, 0.717) is 26.3 Å². The third kappa shape index (κ3) is 4.17. The predicted molar refractivity (Wildman–Crippen MR) is 68.8 cm³/mol. The summed E-state index contributed by atoms with van der Waals surface area (Å²) < 4.78 is 46.5. The summed E-state index contributed by atoms with van der Waals surface area (Å²) in [5.41, 5.74) is -1.55. The number of alkyl halides is 3. The molecule has 1 unspecified atom stereocenters. The third-order valence-electron chi connectivity index (χ3n) is 3.31. The summed E-state index contributed by atoms with van der Waals surface area (Å²) >= 11 is 0. The fraction of sp³-hybridized carbons (Fsp3) is 0.750. The van der Waals surface area contributed by atoms with Crippen LogP contribution in [0.15, 0.2) is 22.1 Å². The van der Waals surface area contributed by atoms with Crippen molar-refractivity contribution < 1.29 is 27.4 Å². The van der Waals surface area contributed by atoms with Crippen LogP contribution in [0.1, 0.15) is 6.92 Å². The van der Waals surface area contributed by atoms with Crippen LogP contribution in [-0.4, -0.2) is 62.2 Å². The van der Waals surface area contributed by atoms with Crippen LogP contribution in [0.4, 0.5) is 13.2 Å². The molecule has 10 heteroatoms. The van der Waals surface area contributed by atoms with Crippen LogP contribution in [0.2, 0.25) is 0 Å². The van der Waals surface area contributed by atoms with Gasteiger partial charge < -0.3 is 14.8 Å². The topological polar surface area (TPSA) is 75.5 Å². The van der Waals surface area contributed by atoms with Crippen LogP contribution in [-0.2, 0) is 14.3 Å². The summed E-state index contributed by atoms with van der Waals surface area (Å²) in [7, 11) is 0. The first kappa shape index (κ1) is 16.7. The molecule has 2 heterocycles. The molecule has 1 N–H and O–H groups in total. The normalized spacial score (nSPS) is 25.9. The molecule has 0 aromatic rings. The van der Waals surface area contributed by atoms with Gasteiger partial charge in [-0.15, -0.1) is 5.11 Å². The molecule has 0 amide bonds. The van der Waals surface area contributed by atoms with Gasteiger partial charge in [-0.05, 0) is 0 Å². The molecular weight excluding hydrogens is 305 g/mol. The highest BCUT2D eigenvalue weighted by molar-refractivity contribution is 5.76. The van der Waals surface area contributed by atoms with Gasteiger partial charge in [-0.3, -0.25) is 4.90 Å². The van der Waals surface area contributed by atoms with E-state index in [1.807, 2.05) is 0 Å². The van der Waals surface area contributed by atoms with Crippen molar-refractivity contribution in [2.24, 2.45) is 10.2 Å². The average molecular weight is 322 g/mol. The van der Waals surface area contributed by atoms with Gasteiger partial charge in [0.1, 0.15) is 5.70 Å². The molecule has 124 valence electrons. The Morgan fingerprint density at radius 2 is 2.18 bits per heavy atom. The lowest BCUT2D eigenvalue weighted by Gasteiger charge is -2.28. The lowest BCUT2D eigenvalue weighted by Crippen LogP contribution is -2.44. The Hall–Kier alpha value is -1.68. The van der Waals surface area contributed by atoms with Gasteiger partial charge >= 0.3 is 12.1 Å². The number of rotatable bonds is 5. The van der Waals surface area contributed by atoms with E-state index in [2.05, 4.69) is 25.2 Å². The minimum absolute atomic E-state index is 0.221. The number of nitrogens with zero attached hydrogens (tertiary/aromatic N) is 3. The van der Waals surface area contributed by atoms with Crippen LogP contribution in [0.3, 0.4) is 0 Å². The van der Waals surface area contributed by atoms with Crippen molar-refractivity contribution in [3.63, 3.8) is 0 Å². The van der Waals surface area contributed by atoms with Crippen molar-refractivity contribution in [3.05, 3.63) is 11.9 Å².